The molecule has 0 aromatic heterocycles. The van der Waals surface area contributed by atoms with E-state index < -0.39 is 0 Å². The van der Waals surface area contributed by atoms with Crippen LogP contribution in [0.3, 0.4) is 0 Å². The third kappa shape index (κ3) is 2.66. The van der Waals surface area contributed by atoms with E-state index in [0.29, 0.717) is 35.5 Å². The molecule has 3 rings (SSSR count). The van der Waals surface area contributed by atoms with Gasteiger partial charge in [-0.15, -0.1) is 11.6 Å². The highest BCUT2D eigenvalue weighted by Crippen LogP contribution is 2.55. The molecule has 0 bridgehead atoms. The van der Waals surface area contributed by atoms with Gasteiger partial charge in [0.25, 0.3) is 0 Å². The number of hydrogen-bond acceptors (Lipinski definition) is 1. The molecule has 1 amide bonds. The Kier molecular flexibility index (Phi) is 3.81. The number of carbonyl (C=O) groups excluding carboxylic acids is 1. The van der Waals surface area contributed by atoms with E-state index in [0.717, 1.165) is 12.8 Å². The van der Waals surface area contributed by atoms with Crippen LogP contribution in [0.15, 0.2) is 0 Å². The largest absolute Gasteiger partial charge is 0.349 e. The van der Waals surface area contributed by atoms with Crippen molar-refractivity contribution >= 4 is 17.5 Å². The summed E-state index contributed by atoms with van der Waals surface area (Å²) in [5.41, 5.74) is -0.109. The maximum atomic E-state index is 12.5. The maximum absolute atomic E-state index is 12.5. The summed E-state index contributed by atoms with van der Waals surface area (Å²) >= 11 is 6.21. The molecule has 3 fully saturated rings. The predicted molar refractivity (Wildman–Crippen MR) is 78.2 cm³/mol. The van der Waals surface area contributed by atoms with E-state index in [4.69, 9.17) is 11.6 Å². The second-order valence-corrected chi connectivity index (χ2v) is 7.51. The first kappa shape index (κ1) is 13.7. The quantitative estimate of drug-likeness (QED) is 0.786. The van der Waals surface area contributed by atoms with Crippen molar-refractivity contribution in [1.29, 1.82) is 0 Å². The Morgan fingerprint density at radius 1 is 1.21 bits per heavy atom. The van der Waals surface area contributed by atoms with E-state index in [9.17, 15) is 4.79 Å². The first-order chi connectivity index (χ1) is 9.15. The van der Waals surface area contributed by atoms with Crippen molar-refractivity contribution in [2.45, 2.75) is 63.8 Å². The van der Waals surface area contributed by atoms with Crippen molar-refractivity contribution in [2.75, 3.05) is 5.88 Å². The summed E-state index contributed by atoms with van der Waals surface area (Å²) in [6.07, 6.45) is 9.79. The minimum absolute atomic E-state index is 0.109. The van der Waals surface area contributed by atoms with Gasteiger partial charge in [-0.2, -0.15) is 0 Å². The van der Waals surface area contributed by atoms with Crippen LogP contribution in [0.25, 0.3) is 0 Å². The van der Waals surface area contributed by atoms with Gasteiger partial charge in [-0.1, -0.05) is 32.6 Å². The normalized spacial score (nSPS) is 45.4. The number of amides is 1. The van der Waals surface area contributed by atoms with Crippen molar-refractivity contribution in [3.05, 3.63) is 0 Å². The van der Waals surface area contributed by atoms with Gasteiger partial charge in [0, 0.05) is 11.8 Å². The molecule has 0 aromatic rings. The zero-order chi connectivity index (χ0) is 13.5. The molecule has 4 unspecified atom stereocenters. The first-order valence-electron chi connectivity index (χ1n) is 8.03. The number of alkyl halides is 1. The lowest BCUT2D eigenvalue weighted by atomic mass is 9.77. The summed E-state index contributed by atoms with van der Waals surface area (Å²) in [5, 5.41) is 3.36. The van der Waals surface area contributed by atoms with Crippen LogP contribution >= 0.6 is 11.6 Å². The average Bonchev–Trinajstić information content (AvgIpc) is 3.13. The smallest absolute Gasteiger partial charge is 0.224 e. The second kappa shape index (κ2) is 5.27. The van der Waals surface area contributed by atoms with E-state index in [2.05, 4.69) is 12.2 Å². The highest BCUT2D eigenvalue weighted by Gasteiger charge is 2.55. The molecule has 3 saturated carbocycles. The molecule has 0 spiro atoms. The van der Waals surface area contributed by atoms with Crippen molar-refractivity contribution in [1.82, 2.24) is 5.32 Å². The molecule has 0 aliphatic heterocycles. The fourth-order valence-electron chi connectivity index (χ4n) is 4.65. The van der Waals surface area contributed by atoms with Gasteiger partial charge in [0.05, 0.1) is 5.54 Å². The van der Waals surface area contributed by atoms with Crippen LogP contribution in [-0.4, -0.2) is 17.3 Å². The van der Waals surface area contributed by atoms with Crippen LogP contribution in [0.4, 0.5) is 0 Å². The van der Waals surface area contributed by atoms with Crippen molar-refractivity contribution < 1.29 is 4.79 Å². The highest BCUT2D eigenvalue weighted by atomic mass is 35.5. The van der Waals surface area contributed by atoms with Crippen molar-refractivity contribution in [3.63, 3.8) is 0 Å². The number of nitrogens with one attached hydrogen (secondary N) is 1. The Bertz CT molecular complexity index is 347. The number of fused-ring (bicyclic) bond motifs is 1. The Labute approximate surface area is 121 Å². The third-order valence-electron chi connectivity index (χ3n) is 5.69. The summed E-state index contributed by atoms with van der Waals surface area (Å²) in [5.74, 6) is 3.29. The molecule has 19 heavy (non-hydrogen) atoms. The van der Waals surface area contributed by atoms with Gasteiger partial charge in [0.2, 0.25) is 5.91 Å². The van der Waals surface area contributed by atoms with Gasteiger partial charge >= 0.3 is 0 Å². The van der Waals surface area contributed by atoms with Crippen LogP contribution in [0.5, 0.6) is 0 Å². The van der Waals surface area contributed by atoms with Crippen LogP contribution in [0.1, 0.15) is 58.3 Å². The summed E-state index contributed by atoms with van der Waals surface area (Å²) in [6, 6.07) is 0. The van der Waals surface area contributed by atoms with Crippen molar-refractivity contribution in [2.24, 2.45) is 23.7 Å². The molecule has 0 heterocycles. The van der Waals surface area contributed by atoms with E-state index in [1.54, 1.807) is 0 Å². The van der Waals surface area contributed by atoms with E-state index in [1.165, 1.54) is 38.5 Å². The third-order valence-corrected chi connectivity index (χ3v) is 6.21. The minimum atomic E-state index is -0.109. The van der Waals surface area contributed by atoms with Gasteiger partial charge < -0.3 is 5.32 Å². The Morgan fingerprint density at radius 3 is 2.47 bits per heavy atom. The Morgan fingerprint density at radius 2 is 1.89 bits per heavy atom. The second-order valence-electron chi connectivity index (χ2n) is 7.24. The molecule has 3 heteroatoms. The standard InChI is InChI=1S/C16H26ClNO/c1-11-5-4-8-16(9-11,10-17)18-15(19)14-12-6-2-3-7-13(12)14/h11-14H,2-10H2,1H3,(H,18,19). The van der Waals surface area contributed by atoms with Crippen molar-refractivity contribution in [3.8, 4) is 0 Å². The van der Waals surface area contributed by atoms with Crippen LogP contribution in [0, 0.1) is 23.7 Å². The highest BCUT2D eigenvalue weighted by molar-refractivity contribution is 6.18. The molecule has 2 nitrogen and oxygen atoms in total. The van der Waals surface area contributed by atoms with Gasteiger partial charge in [0.1, 0.15) is 0 Å². The number of halogens is 1. The zero-order valence-electron chi connectivity index (χ0n) is 12.0. The Hall–Kier alpha value is -0.240. The van der Waals surface area contributed by atoms with Crippen LogP contribution in [-0.2, 0) is 4.79 Å². The zero-order valence-corrected chi connectivity index (χ0v) is 12.7. The molecule has 3 aliphatic carbocycles. The topological polar surface area (TPSA) is 29.1 Å². The lowest BCUT2D eigenvalue weighted by Crippen LogP contribution is -2.53. The number of hydrogen-bond donors (Lipinski definition) is 1. The minimum Gasteiger partial charge on any atom is -0.349 e. The summed E-state index contributed by atoms with van der Waals surface area (Å²) < 4.78 is 0. The molecular formula is C16H26ClNO. The monoisotopic (exact) mass is 283 g/mol. The number of carbonyl (C=O) groups is 1. The molecule has 3 aliphatic rings. The maximum Gasteiger partial charge on any atom is 0.224 e. The first-order valence-corrected chi connectivity index (χ1v) is 8.57. The van der Waals surface area contributed by atoms with Gasteiger partial charge in [-0.25, -0.2) is 0 Å². The summed E-state index contributed by atoms with van der Waals surface area (Å²) in [7, 11) is 0. The van der Waals surface area contributed by atoms with E-state index in [-0.39, 0.29) is 5.54 Å². The van der Waals surface area contributed by atoms with Gasteiger partial charge in [-0.05, 0) is 43.4 Å². The number of rotatable bonds is 3. The molecule has 0 radical (unpaired) electrons. The summed E-state index contributed by atoms with van der Waals surface area (Å²) in [6.45, 7) is 2.28. The molecule has 108 valence electrons. The Balaban J connectivity index is 1.61. The van der Waals surface area contributed by atoms with Gasteiger partial charge in [-0.3, -0.25) is 4.79 Å². The lowest BCUT2D eigenvalue weighted by Gasteiger charge is -2.39. The van der Waals surface area contributed by atoms with E-state index in [1.807, 2.05) is 0 Å². The lowest BCUT2D eigenvalue weighted by molar-refractivity contribution is -0.125. The average molecular weight is 284 g/mol. The molecular weight excluding hydrogens is 258 g/mol. The summed E-state index contributed by atoms with van der Waals surface area (Å²) in [4.78, 5) is 12.5. The fourth-order valence-corrected chi connectivity index (χ4v) is 4.96. The van der Waals surface area contributed by atoms with Crippen LogP contribution < -0.4 is 5.32 Å². The van der Waals surface area contributed by atoms with Crippen LogP contribution in [0.2, 0.25) is 0 Å². The van der Waals surface area contributed by atoms with E-state index >= 15 is 0 Å². The van der Waals surface area contributed by atoms with Gasteiger partial charge in [0.15, 0.2) is 0 Å². The molecule has 0 aromatic carbocycles. The molecule has 0 saturated heterocycles. The molecule has 4 atom stereocenters. The fraction of sp³-hybridized carbons (Fsp3) is 0.938. The molecule has 1 N–H and O–H groups in total. The SMILES string of the molecule is CC1CCCC(CCl)(NC(=O)C2C3CCCCC32)C1. The predicted octanol–water partition coefficient (Wildman–Crippen LogP) is 3.73.